The fourth-order valence-corrected chi connectivity index (χ4v) is 4.09. The molecule has 1 amide bonds. The summed E-state index contributed by atoms with van der Waals surface area (Å²) in [6.45, 7) is 0.305. The minimum Gasteiger partial charge on any atom is -0.481 e. The van der Waals surface area contributed by atoms with Crippen LogP contribution >= 0.6 is 0 Å². The molecule has 2 bridgehead atoms. The molecule has 0 aromatic heterocycles. The average Bonchev–Trinajstić information content (AvgIpc) is 2.54. The van der Waals surface area contributed by atoms with Gasteiger partial charge in [0.1, 0.15) is 5.82 Å². The van der Waals surface area contributed by atoms with E-state index < -0.39 is 17.8 Å². The third-order valence-electron chi connectivity index (χ3n) is 5.19. The topological polar surface area (TPSA) is 66.4 Å². The van der Waals surface area contributed by atoms with Crippen LogP contribution in [0.3, 0.4) is 0 Å². The van der Waals surface area contributed by atoms with E-state index in [1.807, 2.05) is 0 Å². The van der Waals surface area contributed by atoms with Crippen LogP contribution in [0.2, 0.25) is 0 Å². The molecule has 0 saturated heterocycles. The Morgan fingerprint density at radius 2 is 1.59 bits per heavy atom. The molecule has 0 unspecified atom stereocenters. The highest BCUT2D eigenvalue weighted by Crippen LogP contribution is 2.49. The number of carbonyl (C=O) groups excluding carboxylic acids is 1. The molecule has 0 aliphatic heterocycles. The van der Waals surface area contributed by atoms with Gasteiger partial charge in [-0.15, -0.1) is 0 Å². The molecule has 4 rings (SSSR count). The number of hydrogen-bond acceptors (Lipinski definition) is 2. The van der Waals surface area contributed by atoms with Crippen LogP contribution in [0.1, 0.15) is 31.2 Å². The van der Waals surface area contributed by atoms with Gasteiger partial charge in [-0.2, -0.15) is 0 Å². The molecule has 3 fully saturated rings. The SMILES string of the molecule is O=C(O)[C@H]1C2CCC(CC2)[C@@H]1C(=O)NCc1ccc(F)cc1. The quantitative estimate of drug-likeness (QED) is 0.898. The maximum absolute atomic E-state index is 12.9. The monoisotopic (exact) mass is 305 g/mol. The van der Waals surface area contributed by atoms with Crippen molar-refractivity contribution in [2.75, 3.05) is 0 Å². The molecule has 1 aromatic carbocycles. The van der Waals surface area contributed by atoms with Gasteiger partial charge in [-0.1, -0.05) is 12.1 Å². The summed E-state index contributed by atoms with van der Waals surface area (Å²) in [5.41, 5.74) is 0.808. The summed E-state index contributed by atoms with van der Waals surface area (Å²) < 4.78 is 12.9. The third kappa shape index (κ3) is 2.85. The second-order valence-corrected chi connectivity index (χ2v) is 6.41. The van der Waals surface area contributed by atoms with Crippen molar-refractivity contribution in [2.45, 2.75) is 32.2 Å². The van der Waals surface area contributed by atoms with Gasteiger partial charge in [0.15, 0.2) is 0 Å². The number of benzene rings is 1. The Labute approximate surface area is 128 Å². The van der Waals surface area contributed by atoms with Crippen LogP contribution in [0.15, 0.2) is 24.3 Å². The molecule has 0 radical (unpaired) electrons. The van der Waals surface area contributed by atoms with E-state index in [0.717, 1.165) is 31.2 Å². The molecule has 3 aliphatic carbocycles. The van der Waals surface area contributed by atoms with E-state index in [-0.39, 0.29) is 23.6 Å². The van der Waals surface area contributed by atoms with Gasteiger partial charge in [-0.25, -0.2) is 4.39 Å². The predicted octanol–water partition coefficient (Wildman–Crippen LogP) is 2.58. The molecule has 0 heterocycles. The number of fused-ring (bicyclic) bond motifs is 3. The van der Waals surface area contributed by atoms with Gasteiger partial charge in [0, 0.05) is 6.54 Å². The zero-order chi connectivity index (χ0) is 15.7. The first-order valence-electron chi connectivity index (χ1n) is 7.81. The Morgan fingerprint density at radius 1 is 1.05 bits per heavy atom. The van der Waals surface area contributed by atoms with Gasteiger partial charge in [-0.3, -0.25) is 9.59 Å². The number of hydrogen-bond donors (Lipinski definition) is 2. The van der Waals surface area contributed by atoms with E-state index >= 15 is 0 Å². The predicted molar refractivity (Wildman–Crippen MR) is 78.3 cm³/mol. The Hall–Kier alpha value is -1.91. The second-order valence-electron chi connectivity index (χ2n) is 6.41. The normalized spacial score (nSPS) is 30.0. The van der Waals surface area contributed by atoms with E-state index in [9.17, 15) is 19.1 Å². The fraction of sp³-hybridized carbons (Fsp3) is 0.529. The minimum absolute atomic E-state index is 0.129. The number of amides is 1. The largest absolute Gasteiger partial charge is 0.481 e. The van der Waals surface area contributed by atoms with E-state index in [1.165, 1.54) is 12.1 Å². The lowest BCUT2D eigenvalue weighted by molar-refractivity contribution is -0.158. The van der Waals surface area contributed by atoms with Gasteiger partial charge in [0.2, 0.25) is 5.91 Å². The zero-order valence-corrected chi connectivity index (χ0v) is 12.3. The highest BCUT2D eigenvalue weighted by molar-refractivity contribution is 5.85. The molecular formula is C17H20FNO3. The molecule has 118 valence electrons. The summed E-state index contributed by atoms with van der Waals surface area (Å²) in [6, 6.07) is 5.95. The van der Waals surface area contributed by atoms with Crippen molar-refractivity contribution in [3.05, 3.63) is 35.6 Å². The van der Waals surface area contributed by atoms with Crippen molar-refractivity contribution in [3.8, 4) is 0 Å². The van der Waals surface area contributed by atoms with Crippen LogP contribution in [-0.2, 0) is 16.1 Å². The number of nitrogens with one attached hydrogen (secondary N) is 1. The lowest BCUT2D eigenvalue weighted by Crippen LogP contribution is -2.50. The van der Waals surface area contributed by atoms with Gasteiger partial charge in [-0.05, 0) is 55.2 Å². The van der Waals surface area contributed by atoms with Crippen molar-refractivity contribution in [3.63, 3.8) is 0 Å². The van der Waals surface area contributed by atoms with Crippen LogP contribution in [-0.4, -0.2) is 17.0 Å². The maximum Gasteiger partial charge on any atom is 0.307 e. The minimum atomic E-state index is -0.851. The molecule has 2 N–H and O–H groups in total. The van der Waals surface area contributed by atoms with Gasteiger partial charge in [0.05, 0.1) is 11.8 Å². The Bertz CT molecular complexity index is 564. The van der Waals surface area contributed by atoms with Gasteiger partial charge in [0.25, 0.3) is 0 Å². The smallest absolute Gasteiger partial charge is 0.307 e. The van der Waals surface area contributed by atoms with E-state index in [0.29, 0.717) is 6.54 Å². The first-order valence-corrected chi connectivity index (χ1v) is 7.81. The summed E-state index contributed by atoms with van der Waals surface area (Å²) in [7, 11) is 0. The van der Waals surface area contributed by atoms with Crippen molar-refractivity contribution < 1.29 is 19.1 Å². The Balaban J connectivity index is 1.67. The van der Waals surface area contributed by atoms with Gasteiger partial charge >= 0.3 is 5.97 Å². The molecule has 0 spiro atoms. The number of halogens is 1. The summed E-state index contributed by atoms with van der Waals surface area (Å²) in [5.74, 6) is -2.01. The lowest BCUT2D eigenvalue weighted by atomic mass is 9.58. The van der Waals surface area contributed by atoms with Crippen LogP contribution in [0.5, 0.6) is 0 Å². The number of carboxylic acid groups (broad SMARTS) is 1. The highest BCUT2D eigenvalue weighted by atomic mass is 19.1. The van der Waals surface area contributed by atoms with E-state index in [2.05, 4.69) is 5.32 Å². The van der Waals surface area contributed by atoms with Crippen molar-refractivity contribution >= 4 is 11.9 Å². The van der Waals surface area contributed by atoms with Crippen molar-refractivity contribution in [2.24, 2.45) is 23.7 Å². The first kappa shape index (κ1) is 15.0. The maximum atomic E-state index is 12.9. The summed E-state index contributed by atoms with van der Waals surface area (Å²) in [6.07, 6.45) is 3.74. The molecular weight excluding hydrogens is 285 g/mol. The van der Waals surface area contributed by atoms with Crippen molar-refractivity contribution in [1.29, 1.82) is 0 Å². The first-order chi connectivity index (χ1) is 10.6. The molecule has 2 atom stereocenters. The van der Waals surface area contributed by atoms with Crippen LogP contribution < -0.4 is 5.32 Å². The fourth-order valence-electron chi connectivity index (χ4n) is 4.09. The molecule has 5 heteroatoms. The number of aliphatic carboxylic acids is 1. The summed E-state index contributed by atoms with van der Waals surface area (Å²) in [5, 5.41) is 12.3. The molecule has 3 aliphatic rings. The molecule has 22 heavy (non-hydrogen) atoms. The molecule has 3 saturated carbocycles. The zero-order valence-electron chi connectivity index (χ0n) is 12.3. The van der Waals surface area contributed by atoms with Crippen LogP contribution in [0.25, 0.3) is 0 Å². The van der Waals surface area contributed by atoms with Crippen LogP contribution in [0.4, 0.5) is 4.39 Å². The summed E-state index contributed by atoms with van der Waals surface area (Å²) in [4.78, 5) is 24.0. The van der Waals surface area contributed by atoms with E-state index in [1.54, 1.807) is 12.1 Å². The Kier molecular flexibility index (Phi) is 4.14. The highest BCUT2D eigenvalue weighted by Gasteiger charge is 2.50. The van der Waals surface area contributed by atoms with E-state index in [4.69, 9.17) is 0 Å². The molecule has 1 aromatic rings. The lowest BCUT2D eigenvalue weighted by Gasteiger charge is -2.45. The van der Waals surface area contributed by atoms with Crippen molar-refractivity contribution in [1.82, 2.24) is 5.32 Å². The Morgan fingerprint density at radius 3 is 2.14 bits per heavy atom. The van der Waals surface area contributed by atoms with Crippen LogP contribution in [0, 0.1) is 29.5 Å². The van der Waals surface area contributed by atoms with Gasteiger partial charge < -0.3 is 10.4 Å². The third-order valence-corrected chi connectivity index (χ3v) is 5.19. The number of carbonyl (C=O) groups is 2. The average molecular weight is 305 g/mol. The number of carboxylic acids is 1. The molecule has 4 nitrogen and oxygen atoms in total. The summed E-state index contributed by atoms with van der Waals surface area (Å²) >= 11 is 0. The number of rotatable bonds is 4. The standard InChI is InChI=1S/C17H20FNO3/c18-13-7-1-10(2-8-13)9-19-16(20)14-11-3-5-12(6-4-11)15(14)17(21)22/h1-2,7-8,11-12,14-15H,3-6,9H2,(H,19,20)(H,21,22)/t11?,12?,14-,15-/m0/s1. The second kappa shape index (κ2) is 6.07.